The van der Waals surface area contributed by atoms with Crippen LogP contribution in [-0.4, -0.2) is 6.54 Å². The van der Waals surface area contributed by atoms with Gasteiger partial charge in [0.2, 0.25) is 0 Å². The molecule has 0 atom stereocenters. The topological polar surface area (TPSA) is 26.0 Å². The molecule has 1 nitrogen and oxygen atoms in total. The highest BCUT2D eigenvalue weighted by Gasteiger charge is 2.49. The van der Waals surface area contributed by atoms with E-state index in [2.05, 4.69) is 0 Å². The number of nitrogens with two attached hydrogens (primary N) is 1. The number of hydrogen-bond donors (Lipinski definition) is 1. The first-order valence-electron chi connectivity index (χ1n) is 5.50. The van der Waals surface area contributed by atoms with Crippen molar-refractivity contribution in [2.24, 2.45) is 28.9 Å². The first-order chi connectivity index (χ1) is 5.80. The molecule has 0 amide bonds. The molecule has 4 saturated carbocycles. The van der Waals surface area contributed by atoms with E-state index in [1.54, 1.807) is 0 Å². The highest BCUT2D eigenvalue weighted by Crippen LogP contribution is 2.59. The third-order valence-corrected chi connectivity index (χ3v) is 4.60. The predicted octanol–water partition coefficient (Wildman–Crippen LogP) is 3.01. The molecule has 0 unspecified atom stereocenters. The van der Waals surface area contributed by atoms with Crippen LogP contribution < -0.4 is 5.73 Å². The molecule has 2 N–H and O–H groups in total. The summed E-state index contributed by atoms with van der Waals surface area (Å²) in [5.74, 6) is 3.21. The van der Waals surface area contributed by atoms with Crippen LogP contribution in [-0.2, 0) is 0 Å². The molecule has 84 valence electrons. The van der Waals surface area contributed by atoms with Crippen LogP contribution in [0.4, 0.5) is 0 Å². The molecule has 0 aromatic heterocycles. The molecule has 4 rings (SSSR count). The zero-order chi connectivity index (χ0) is 8.18. The Kier molecular flexibility index (Phi) is 3.77. The number of rotatable bonds is 1. The molecule has 0 aliphatic heterocycles. The van der Waals surface area contributed by atoms with Gasteiger partial charge in [-0.25, -0.2) is 0 Å². The van der Waals surface area contributed by atoms with E-state index in [1.807, 2.05) is 0 Å². The van der Waals surface area contributed by atoms with Gasteiger partial charge in [0, 0.05) is 0 Å². The van der Waals surface area contributed by atoms with Crippen LogP contribution >= 0.6 is 24.8 Å². The Balaban J connectivity index is 0.000000490. The zero-order valence-electron chi connectivity index (χ0n) is 8.58. The van der Waals surface area contributed by atoms with Crippen LogP contribution in [0, 0.1) is 23.2 Å². The summed E-state index contributed by atoms with van der Waals surface area (Å²) in [7, 11) is 0. The van der Waals surface area contributed by atoms with Crippen LogP contribution in [0.2, 0.25) is 0 Å². The highest BCUT2D eigenvalue weighted by molar-refractivity contribution is 5.85. The third kappa shape index (κ3) is 1.79. The maximum absolute atomic E-state index is 5.93. The van der Waals surface area contributed by atoms with Crippen molar-refractivity contribution in [2.45, 2.75) is 38.5 Å². The zero-order valence-corrected chi connectivity index (χ0v) is 10.2. The fourth-order valence-electron chi connectivity index (χ4n) is 4.54. The van der Waals surface area contributed by atoms with Crippen LogP contribution in [0.25, 0.3) is 0 Å². The second kappa shape index (κ2) is 4.19. The molecule has 4 aliphatic carbocycles. The van der Waals surface area contributed by atoms with Gasteiger partial charge in [0.05, 0.1) is 0 Å². The average Bonchev–Trinajstić information content (AvgIpc) is 2.02. The first-order valence-corrected chi connectivity index (χ1v) is 5.50. The Hall–Kier alpha value is 0.540. The second-order valence-corrected chi connectivity index (χ2v) is 5.62. The maximum atomic E-state index is 5.93. The quantitative estimate of drug-likeness (QED) is 0.746. The minimum absolute atomic E-state index is 0. The average molecular weight is 238 g/mol. The molecule has 0 aromatic rings. The molecule has 3 heteroatoms. The van der Waals surface area contributed by atoms with E-state index in [-0.39, 0.29) is 24.8 Å². The van der Waals surface area contributed by atoms with Crippen LogP contribution in [0.1, 0.15) is 38.5 Å². The van der Waals surface area contributed by atoms with Crippen molar-refractivity contribution in [2.75, 3.05) is 6.54 Å². The van der Waals surface area contributed by atoms with E-state index in [9.17, 15) is 0 Å². The van der Waals surface area contributed by atoms with Gasteiger partial charge in [0.25, 0.3) is 0 Å². The van der Waals surface area contributed by atoms with Gasteiger partial charge in [-0.2, -0.15) is 0 Å². The van der Waals surface area contributed by atoms with Crippen molar-refractivity contribution in [1.82, 2.24) is 0 Å². The molecule has 0 saturated heterocycles. The molecule has 4 fully saturated rings. The standard InChI is InChI=1S/C11H19N.2ClH/c12-7-11-4-8-1-9(5-11)3-10(2-8)6-11;;/h8-10H,1-7,12H2;2*1H. The summed E-state index contributed by atoms with van der Waals surface area (Å²) < 4.78 is 0. The van der Waals surface area contributed by atoms with Crippen molar-refractivity contribution in [1.29, 1.82) is 0 Å². The van der Waals surface area contributed by atoms with Gasteiger partial charge in [-0.15, -0.1) is 24.8 Å². The van der Waals surface area contributed by atoms with Gasteiger partial charge in [0.1, 0.15) is 0 Å². The molecule has 0 spiro atoms. The Morgan fingerprint density at radius 2 is 1.21 bits per heavy atom. The Morgan fingerprint density at radius 3 is 1.50 bits per heavy atom. The maximum Gasteiger partial charge on any atom is -0.00202 e. The fourth-order valence-corrected chi connectivity index (χ4v) is 4.54. The lowest BCUT2D eigenvalue weighted by atomic mass is 9.50. The van der Waals surface area contributed by atoms with Gasteiger partial charge < -0.3 is 5.73 Å². The first kappa shape index (κ1) is 12.6. The summed E-state index contributed by atoms with van der Waals surface area (Å²) in [5.41, 5.74) is 6.55. The smallest absolute Gasteiger partial charge is 0.00202 e. The summed E-state index contributed by atoms with van der Waals surface area (Å²) in [5, 5.41) is 0. The molecule has 0 aromatic carbocycles. The van der Waals surface area contributed by atoms with Gasteiger partial charge in [0.15, 0.2) is 0 Å². The SMILES string of the molecule is Cl.Cl.NCC12CC3CC(CC(C3)C1)C2. The Bertz CT molecular complexity index is 170. The molecule has 4 bridgehead atoms. The monoisotopic (exact) mass is 237 g/mol. The van der Waals surface area contributed by atoms with Crippen LogP contribution in [0.5, 0.6) is 0 Å². The number of halogens is 2. The van der Waals surface area contributed by atoms with E-state index in [4.69, 9.17) is 5.73 Å². The predicted molar refractivity (Wildman–Crippen MR) is 64.2 cm³/mol. The Labute approximate surface area is 99.0 Å². The van der Waals surface area contributed by atoms with Crippen molar-refractivity contribution in [3.8, 4) is 0 Å². The molecular formula is C11H21Cl2N. The molecule has 0 radical (unpaired) electrons. The van der Waals surface area contributed by atoms with Gasteiger partial charge >= 0.3 is 0 Å². The van der Waals surface area contributed by atoms with Crippen molar-refractivity contribution in [3.63, 3.8) is 0 Å². The van der Waals surface area contributed by atoms with Crippen molar-refractivity contribution < 1.29 is 0 Å². The molecule has 4 aliphatic rings. The van der Waals surface area contributed by atoms with E-state index in [0.717, 1.165) is 24.3 Å². The lowest BCUT2D eigenvalue weighted by Gasteiger charge is -2.56. The van der Waals surface area contributed by atoms with Gasteiger partial charge in [-0.05, 0) is 68.2 Å². The van der Waals surface area contributed by atoms with Crippen molar-refractivity contribution >= 4 is 24.8 Å². The number of hydrogen-bond acceptors (Lipinski definition) is 1. The largest absolute Gasteiger partial charge is 0.330 e. The lowest BCUT2D eigenvalue weighted by molar-refractivity contribution is -0.0468. The summed E-state index contributed by atoms with van der Waals surface area (Å²) >= 11 is 0. The summed E-state index contributed by atoms with van der Waals surface area (Å²) in [6, 6.07) is 0. The van der Waals surface area contributed by atoms with Gasteiger partial charge in [-0.3, -0.25) is 0 Å². The third-order valence-electron chi connectivity index (χ3n) is 4.60. The Morgan fingerprint density at radius 1 is 0.857 bits per heavy atom. The van der Waals surface area contributed by atoms with E-state index >= 15 is 0 Å². The molecule has 0 heterocycles. The summed E-state index contributed by atoms with van der Waals surface area (Å²) in [6.07, 6.45) is 9.03. The van der Waals surface area contributed by atoms with E-state index < -0.39 is 0 Å². The minimum Gasteiger partial charge on any atom is -0.330 e. The second-order valence-electron chi connectivity index (χ2n) is 5.62. The normalized spacial score (nSPS) is 48.2. The highest BCUT2D eigenvalue weighted by atomic mass is 35.5. The lowest BCUT2D eigenvalue weighted by Crippen LogP contribution is -2.49. The van der Waals surface area contributed by atoms with E-state index in [0.29, 0.717) is 5.41 Å². The van der Waals surface area contributed by atoms with Crippen molar-refractivity contribution in [3.05, 3.63) is 0 Å². The van der Waals surface area contributed by atoms with E-state index in [1.165, 1.54) is 38.5 Å². The fraction of sp³-hybridized carbons (Fsp3) is 1.00. The summed E-state index contributed by atoms with van der Waals surface area (Å²) in [4.78, 5) is 0. The van der Waals surface area contributed by atoms with Gasteiger partial charge in [-0.1, -0.05) is 0 Å². The summed E-state index contributed by atoms with van der Waals surface area (Å²) in [6.45, 7) is 0.969. The minimum atomic E-state index is 0. The molecular weight excluding hydrogens is 217 g/mol. The van der Waals surface area contributed by atoms with Crippen LogP contribution in [0.15, 0.2) is 0 Å². The van der Waals surface area contributed by atoms with Crippen LogP contribution in [0.3, 0.4) is 0 Å². The molecule has 14 heavy (non-hydrogen) atoms.